The number of aliphatic hydroxyl groups excluding tert-OH is 1. The second-order valence-electron chi connectivity index (χ2n) is 4.72. The molecule has 0 fully saturated rings. The summed E-state index contributed by atoms with van der Waals surface area (Å²) in [6.45, 7) is 2.14. The van der Waals surface area contributed by atoms with Gasteiger partial charge in [0.05, 0.1) is 32.1 Å². The molecule has 0 amide bonds. The first kappa shape index (κ1) is 14.1. The first-order valence-electron chi connectivity index (χ1n) is 6.36. The van der Waals surface area contributed by atoms with Gasteiger partial charge in [0.1, 0.15) is 11.3 Å². The summed E-state index contributed by atoms with van der Waals surface area (Å²) in [5, 5.41) is 20.0. The number of pyridine rings is 1. The molecule has 0 saturated carbocycles. The van der Waals surface area contributed by atoms with E-state index >= 15 is 0 Å². The lowest BCUT2D eigenvalue weighted by Gasteiger charge is -2.09. The van der Waals surface area contributed by atoms with Crippen molar-refractivity contribution in [3.63, 3.8) is 0 Å². The van der Waals surface area contributed by atoms with Crippen LogP contribution in [0.2, 0.25) is 5.02 Å². The van der Waals surface area contributed by atoms with Crippen molar-refractivity contribution in [2.24, 2.45) is 0 Å². The number of anilines is 2. The zero-order chi connectivity index (χ0) is 15.0. The number of aromatic nitrogens is 3. The van der Waals surface area contributed by atoms with Crippen molar-refractivity contribution in [2.45, 2.75) is 13.0 Å². The van der Waals surface area contributed by atoms with Crippen molar-refractivity contribution in [1.82, 2.24) is 15.2 Å². The van der Waals surface area contributed by atoms with Gasteiger partial charge in [0.25, 0.3) is 0 Å². The average molecular weight is 324 g/mol. The van der Waals surface area contributed by atoms with Crippen molar-refractivity contribution in [1.29, 1.82) is 0 Å². The minimum absolute atomic E-state index is 0.381. The normalized spacial score (nSPS) is 12.7. The van der Waals surface area contributed by atoms with Crippen LogP contribution in [0.4, 0.5) is 11.5 Å². The molecule has 0 aliphatic heterocycles. The Hall–Kier alpha value is -1.83. The standard InChI is InChI=1S/C13H14ClN5OS/c1-6(20)5-16-8-4-9(15)18-11-10(14)12(21-13(8)11)7-2-3-17-19-7/h2-4,6,20H,5H2,1H3,(H,17,19)(H3,15,16,18)/t6-/m0/s1. The second kappa shape index (κ2) is 5.51. The molecule has 0 aliphatic carbocycles. The van der Waals surface area contributed by atoms with Gasteiger partial charge in [-0.2, -0.15) is 5.10 Å². The molecular formula is C13H14ClN5OS. The molecule has 3 aromatic rings. The van der Waals surface area contributed by atoms with Crippen LogP contribution >= 0.6 is 22.9 Å². The number of aromatic amines is 1. The fourth-order valence-electron chi connectivity index (χ4n) is 2.00. The Morgan fingerprint density at radius 2 is 2.38 bits per heavy atom. The highest BCUT2D eigenvalue weighted by molar-refractivity contribution is 7.23. The number of nitrogens with two attached hydrogens (primary N) is 1. The summed E-state index contributed by atoms with van der Waals surface area (Å²) in [4.78, 5) is 5.18. The highest BCUT2D eigenvalue weighted by Crippen LogP contribution is 2.43. The molecule has 3 rings (SSSR count). The summed E-state index contributed by atoms with van der Waals surface area (Å²) < 4.78 is 0.902. The third-order valence-corrected chi connectivity index (χ3v) is 4.66. The van der Waals surface area contributed by atoms with Crippen LogP contribution in [0.15, 0.2) is 18.3 Å². The molecule has 0 aliphatic rings. The number of halogens is 1. The van der Waals surface area contributed by atoms with Crippen LogP contribution in [0.3, 0.4) is 0 Å². The van der Waals surface area contributed by atoms with Crippen molar-refractivity contribution in [2.75, 3.05) is 17.6 Å². The zero-order valence-corrected chi connectivity index (χ0v) is 12.8. The van der Waals surface area contributed by atoms with Crippen molar-refractivity contribution in [3.05, 3.63) is 23.4 Å². The number of aliphatic hydroxyl groups is 1. The Morgan fingerprint density at radius 3 is 3.05 bits per heavy atom. The van der Waals surface area contributed by atoms with Crippen molar-refractivity contribution >= 4 is 44.7 Å². The first-order chi connectivity index (χ1) is 10.1. The summed E-state index contributed by atoms with van der Waals surface area (Å²) in [6, 6.07) is 3.59. The number of rotatable bonds is 4. The van der Waals surface area contributed by atoms with Crippen molar-refractivity contribution < 1.29 is 5.11 Å². The molecule has 8 heteroatoms. The Bertz CT molecular complexity index is 769. The van der Waals surface area contributed by atoms with E-state index in [0.717, 1.165) is 21.0 Å². The number of hydrogen-bond donors (Lipinski definition) is 4. The molecule has 110 valence electrons. The minimum atomic E-state index is -0.461. The molecule has 0 aromatic carbocycles. The van der Waals surface area contributed by atoms with Gasteiger partial charge in [-0.3, -0.25) is 5.10 Å². The average Bonchev–Trinajstić information content (AvgIpc) is 3.05. The van der Waals surface area contributed by atoms with Gasteiger partial charge in [-0.1, -0.05) is 11.6 Å². The van der Waals surface area contributed by atoms with Crippen LogP contribution in [0.5, 0.6) is 0 Å². The maximum atomic E-state index is 9.42. The molecule has 6 nitrogen and oxygen atoms in total. The minimum Gasteiger partial charge on any atom is -0.392 e. The number of nitrogens with one attached hydrogen (secondary N) is 2. The van der Waals surface area contributed by atoms with Gasteiger partial charge in [-0.25, -0.2) is 4.98 Å². The van der Waals surface area contributed by atoms with Crippen LogP contribution in [-0.4, -0.2) is 32.9 Å². The quantitative estimate of drug-likeness (QED) is 0.591. The number of hydrogen-bond acceptors (Lipinski definition) is 6. The molecule has 1 atom stereocenters. The molecule has 0 saturated heterocycles. The Labute approximate surface area is 130 Å². The predicted molar refractivity (Wildman–Crippen MR) is 86.8 cm³/mol. The number of thiophene rings is 1. The molecule has 21 heavy (non-hydrogen) atoms. The van der Waals surface area contributed by atoms with E-state index in [1.807, 2.05) is 6.07 Å². The monoisotopic (exact) mass is 323 g/mol. The van der Waals surface area contributed by atoms with Crippen LogP contribution in [0.1, 0.15) is 6.92 Å². The van der Waals surface area contributed by atoms with E-state index in [1.165, 1.54) is 11.3 Å². The molecular weight excluding hydrogens is 310 g/mol. The van der Waals surface area contributed by atoms with E-state index in [4.69, 9.17) is 17.3 Å². The molecule has 5 N–H and O–H groups in total. The summed E-state index contributed by atoms with van der Waals surface area (Å²) in [5.41, 5.74) is 8.14. The van der Waals surface area contributed by atoms with Gasteiger partial charge in [0.2, 0.25) is 0 Å². The summed E-state index contributed by atoms with van der Waals surface area (Å²) >= 11 is 7.93. The van der Waals surface area contributed by atoms with E-state index in [9.17, 15) is 5.11 Å². The molecule has 0 radical (unpaired) electrons. The fraction of sp³-hybridized carbons (Fsp3) is 0.231. The summed E-state index contributed by atoms with van der Waals surface area (Å²) in [6.07, 6.45) is 1.21. The lowest BCUT2D eigenvalue weighted by molar-refractivity contribution is 0.208. The summed E-state index contributed by atoms with van der Waals surface area (Å²) in [7, 11) is 0. The first-order valence-corrected chi connectivity index (χ1v) is 7.56. The highest BCUT2D eigenvalue weighted by Gasteiger charge is 2.17. The molecule has 0 spiro atoms. The largest absolute Gasteiger partial charge is 0.392 e. The lowest BCUT2D eigenvalue weighted by Crippen LogP contribution is -2.15. The Kier molecular flexibility index (Phi) is 3.71. The van der Waals surface area contributed by atoms with Crippen LogP contribution in [0, 0.1) is 0 Å². The summed E-state index contributed by atoms with van der Waals surface area (Å²) in [5.74, 6) is 0.381. The maximum absolute atomic E-state index is 9.42. The molecule has 3 aromatic heterocycles. The topological polar surface area (TPSA) is 99.8 Å². The zero-order valence-electron chi connectivity index (χ0n) is 11.2. The SMILES string of the molecule is C[C@H](O)CNc1cc(N)nc2c(Cl)c(-c3ccn[nH]3)sc12. The fourth-order valence-corrected chi connectivity index (χ4v) is 3.51. The van der Waals surface area contributed by atoms with E-state index in [-0.39, 0.29) is 0 Å². The van der Waals surface area contributed by atoms with Crippen LogP contribution in [-0.2, 0) is 0 Å². The van der Waals surface area contributed by atoms with Gasteiger partial charge in [-0.05, 0) is 13.0 Å². The second-order valence-corrected chi connectivity index (χ2v) is 6.12. The van der Waals surface area contributed by atoms with Gasteiger partial charge in [0.15, 0.2) is 0 Å². The lowest BCUT2D eigenvalue weighted by atomic mass is 10.3. The number of H-pyrrole nitrogens is 1. The number of fused-ring (bicyclic) bond motifs is 1. The van der Waals surface area contributed by atoms with Gasteiger partial charge >= 0.3 is 0 Å². The smallest absolute Gasteiger partial charge is 0.126 e. The van der Waals surface area contributed by atoms with E-state index in [0.29, 0.717) is 22.9 Å². The molecule has 0 bridgehead atoms. The van der Waals surface area contributed by atoms with Gasteiger partial charge < -0.3 is 16.2 Å². The van der Waals surface area contributed by atoms with Crippen LogP contribution in [0.25, 0.3) is 20.8 Å². The highest BCUT2D eigenvalue weighted by atomic mass is 35.5. The third kappa shape index (κ3) is 2.67. The molecule has 3 heterocycles. The number of nitrogens with zero attached hydrogens (tertiary/aromatic N) is 2. The van der Waals surface area contributed by atoms with Gasteiger partial charge in [-0.15, -0.1) is 11.3 Å². The number of nitrogen functional groups attached to an aromatic ring is 1. The Balaban J connectivity index is 2.14. The van der Waals surface area contributed by atoms with E-state index < -0.39 is 6.10 Å². The maximum Gasteiger partial charge on any atom is 0.126 e. The molecule has 0 unspecified atom stereocenters. The van der Waals surface area contributed by atoms with E-state index in [2.05, 4.69) is 20.5 Å². The predicted octanol–water partition coefficient (Wildman–Crippen LogP) is 2.71. The van der Waals surface area contributed by atoms with Crippen LogP contribution < -0.4 is 11.1 Å². The van der Waals surface area contributed by atoms with E-state index in [1.54, 1.807) is 19.2 Å². The van der Waals surface area contributed by atoms with Gasteiger partial charge in [0, 0.05) is 18.8 Å². The third-order valence-electron chi connectivity index (χ3n) is 2.94. The van der Waals surface area contributed by atoms with Crippen molar-refractivity contribution in [3.8, 4) is 10.6 Å². The Morgan fingerprint density at radius 1 is 1.57 bits per heavy atom.